The number of halogens is 4. The lowest BCUT2D eigenvalue weighted by Crippen LogP contribution is -2.66. The number of hydrogen-bond acceptors (Lipinski definition) is 4. The molecule has 172 valence electrons. The molecule has 0 aliphatic carbocycles. The number of carbonyl (C=O) groups excluding carboxylic acids is 1. The van der Waals surface area contributed by atoms with E-state index in [9.17, 15) is 23.1 Å². The Hall–Kier alpha value is -3.23. The molecule has 4 rings (SSSR count). The van der Waals surface area contributed by atoms with E-state index < -0.39 is 34.6 Å². The molecular formula is C24H21ClF3N3O2. The quantitative estimate of drug-likeness (QED) is 0.463. The third-order valence-electron chi connectivity index (χ3n) is 5.41. The van der Waals surface area contributed by atoms with Crippen molar-refractivity contribution < 1.29 is 23.1 Å². The van der Waals surface area contributed by atoms with Gasteiger partial charge in [-0.2, -0.15) is 0 Å². The molecule has 0 radical (unpaired) electrons. The normalized spacial score (nSPS) is 14.5. The van der Waals surface area contributed by atoms with E-state index in [4.69, 9.17) is 11.6 Å². The molecule has 3 N–H and O–H groups in total. The molecule has 0 spiro atoms. The van der Waals surface area contributed by atoms with Gasteiger partial charge in [-0.15, -0.1) is 0 Å². The SMILES string of the molecule is Cc1ccc(Nc2c(C(=O)N3CC(O)(CNc4cccc(Cl)c4)C3)ccc(F)c2F)c(F)c1. The number of aliphatic hydroxyl groups is 1. The van der Waals surface area contributed by atoms with Crippen molar-refractivity contribution in [3.8, 4) is 0 Å². The first-order valence-corrected chi connectivity index (χ1v) is 10.6. The predicted molar refractivity (Wildman–Crippen MR) is 122 cm³/mol. The van der Waals surface area contributed by atoms with Crippen molar-refractivity contribution in [1.82, 2.24) is 4.90 Å². The summed E-state index contributed by atoms with van der Waals surface area (Å²) in [5.74, 6) is -3.74. The van der Waals surface area contributed by atoms with Gasteiger partial charge in [-0.05, 0) is 55.0 Å². The van der Waals surface area contributed by atoms with Crippen LogP contribution in [0.4, 0.5) is 30.2 Å². The summed E-state index contributed by atoms with van der Waals surface area (Å²) in [5, 5.41) is 16.8. The zero-order valence-electron chi connectivity index (χ0n) is 17.6. The molecule has 0 unspecified atom stereocenters. The summed E-state index contributed by atoms with van der Waals surface area (Å²) < 4.78 is 42.8. The molecule has 5 nitrogen and oxygen atoms in total. The molecule has 1 aliphatic heterocycles. The fourth-order valence-electron chi connectivity index (χ4n) is 3.66. The largest absolute Gasteiger partial charge is 0.384 e. The van der Waals surface area contributed by atoms with Crippen LogP contribution in [0.5, 0.6) is 0 Å². The molecule has 33 heavy (non-hydrogen) atoms. The highest BCUT2D eigenvalue weighted by molar-refractivity contribution is 6.30. The van der Waals surface area contributed by atoms with E-state index in [1.54, 1.807) is 37.3 Å². The van der Waals surface area contributed by atoms with Crippen molar-refractivity contribution in [2.75, 3.05) is 30.3 Å². The summed E-state index contributed by atoms with van der Waals surface area (Å²) in [6, 6.07) is 13.2. The molecule has 1 fully saturated rings. The molecule has 0 atom stereocenters. The van der Waals surface area contributed by atoms with E-state index >= 15 is 0 Å². The van der Waals surface area contributed by atoms with Crippen molar-refractivity contribution in [1.29, 1.82) is 0 Å². The number of likely N-dealkylation sites (tertiary alicyclic amines) is 1. The monoisotopic (exact) mass is 475 g/mol. The van der Waals surface area contributed by atoms with Gasteiger partial charge in [-0.25, -0.2) is 13.2 Å². The zero-order chi connectivity index (χ0) is 23.8. The molecule has 1 amide bonds. The Balaban J connectivity index is 1.49. The molecule has 0 saturated carbocycles. The maximum absolute atomic E-state index is 14.6. The number of β-amino-alcohol motifs (C(OH)–C–C–N with tert-alkyl or cyclic N) is 1. The van der Waals surface area contributed by atoms with Gasteiger partial charge in [-0.1, -0.05) is 23.7 Å². The van der Waals surface area contributed by atoms with Crippen LogP contribution in [0.15, 0.2) is 54.6 Å². The van der Waals surface area contributed by atoms with Gasteiger partial charge >= 0.3 is 0 Å². The Bertz CT molecular complexity index is 1220. The minimum atomic E-state index is -1.29. The molecule has 0 bridgehead atoms. The molecule has 0 aromatic heterocycles. The van der Waals surface area contributed by atoms with Gasteiger partial charge < -0.3 is 20.6 Å². The number of rotatable bonds is 6. The van der Waals surface area contributed by atoms with E-state index in [0.29, 0.717) is 16.3 Å². The Morgan fingerprint density at radius 3 is 2.55 bits per heavy atom. The van der Waals surface area contributed by atoms with Crippen LogP contribution in [0.2, 0.25) is 5.02 Å². The lowest BCUT2D eigenvalue weighted by molar-refractivity contribution is -0.0706. The fraction of sp³-hybridized carbons (Fsp3) is 0.208. The third kappa shape index (κ3) is 4.91. The second-order valence-corrected chi connectivity index (χ2v) is 8.58. The van der Waals surface area contributed by atoms with Gasteiger partial charge in [-0.3, -0.25) is 4.79 Å². The molecule has 3 aromatic rings. The van der Waals surface area contributed by atoms with Crippen LogP contribution in [0, 0.1) is 24.4 Å². The summed E-state index contributed by atoms with van der Waals surface area (Å²) in [6.07, 6.45) is 0. The highest BCUT2D eigenvalue weighted by atomic mass is 35.5. The van der Waals surface area contributed by atoms with Crippen molar-refractivity contribution in [2.24, 2.45) is 0 Å². The summed E-state index contributed by atoms with van der Waals surface area (Å²) >= 11 is 5.95. The fourth-order valence-corrected chi connectivity index (χ4v) is 3.85. The first-order chi connectivity index (χ1) is 15.6. The first-order valence-electron chi connectivity index (χ1n) is 10.2. The van der Waals surface area contributed by atoms with Crippen molar-refractivity contribution in [2.45, 2.75) is 12.5 Å². The number of anilines is 3. The Labute approximate surface area is 193 Å². The highest BCUT2D eigenvalue weighted by Crippen LogP contribution is 2.32. The van der Waals surface area contributed by atoms with Crippen LogP contribution >= 0.6 is 11.6 Å². The van der Waals surface area contributed by atoms with Crippen LogP contribution in [0.25, 0.3) is 0 Å². The van der Waals surface area contributed by atoms with Crippen LogP contribution in [-0.4, -0.2) is 41.1 Å². The van der Waals surface area contributed by atoms with Gasteiger partial charge in [0.2, 0.25) is 0 Å². The summed E-state index contributed by atoms with van der Waals surface area (Å²) in [5.41, 5.74) is -0.556. The van der Waals surface area contributed by atoms with Crippen LogP contribution in [0.1, 0.15) is 15.9 Å². The summed E-state index contributed by atoms with van der Waals surface area (Å²) in [7, 11) is 0. The van der Waals surface area contributed by atoms with E-state index in [2.05, 4.69) is 10.6 Å². The topological polar surface area (TPSA) is 64.6 Å². The first kappa shape index (κ1) is 22.9. The molecule has 1 aliphatic rings. The second kappa shape index (κ2) is 8.96. The molecular weight excluding hydrogens is 455 g/mol. The number of aryl methyl sites for hydroxylation is 1. The third-order valence-corrected chi connectivity index (χ3v) is 5.65. The number of carbonyl (C=O) groups is 1. The average molecular weight is 476 g/mol. The van der Waals surface area contributed by atoms with E-state index in [1.807, 2.05) is 0 Å². The molecule has 9 heteroatoms. The predicted octanol–water partition coefficient (Wildman–Crippen LogP) is 5.11. The Kier molecular flexibility index (Phi) is 6.23. The maximum atomic E-state index is 14.6. The van der Waals surface area contributed by atoms with E-state index in [-0.39, 0.29) is 30.9 Å². The molecule has 1 heterocycles. The minimum absolute atomic E-state index is 0.0171. The summed E-state index contributed by atoms with van der Waals surface area (Å²) in [6.45, 7) is 1.82. The number of nitrogens with zero attached hydrogens (tertiary/aromatic N) is 1. The Morgan fingerprint density at radius 2 is 1.85 bits per heavy atom. The van der Waals surface area contributed by atoms with Crippen LogP contribution in [0.3, 0.4) is 0 Å². The molecule has 3 aromatic carbocycles. The van der Waals surface area contributed by atoms with E-state index in [0.717, 1.165) is 12.1 Å². The zero-order valence-corrected chi connectivity index (χ0v) is 18.4. The van der Waals surface area contributed by atoms with Gasteiger partial charge in [0.1, 0.15) is 11.4 Å². The van der Waals surface area contributed by atoms with Gasteiger partial charge in [0.25, 0.3) is 5.91 Å². The minimum Gasteiger partial charge on any atom is -0.384 e. The lowest BCUT2D eigenvalue weighted by atomic mass is 9.92. The highest BCUT2D eigenvalue weighted by Gasteiger charge is 2.44. The van der Waals surface area contributed by atoms with E-state index in [1.165, 1.54) is 17.0 Å². The standard InChI is InChI=1S/C24H21ClF3N3O2/c1-14-5-8-20(19(27)9-14)30-22-17(6-7-18(26)21(22)28)23(32)31-12-24(33,13-31)11-29-16-4-2-3-15(25)10-16/h2-10,29-30,33H,11-13H2,1H3. The van der Waals surface area contributed by atoms with Crippen molar-refractivity contribution in [3.05, 3.63) is 88.2 Å². The maximum Gasteiger partial charge on any atom is 0.256 e. The number of nitrogens with one attached hydrogen (secondary N) is 2. The Morgan fingerprint density at radius 1 is 1.09 bits per heavy atom. The number of amides is 1. The van der Waals surface area contributed by atoms with Crippen LogP contribution in [-0.2, 0) is 0 Å². The van der Waals surface area contributed by atoms with Crippen molar-refractivity contribution in [3.63, 3.8) is 0 Å². The smallest absolute Gasteiger partial charge is 0.256 e. The number of benzene rings is 3. The molecule has 1 saturated heterocycles. The average Bonchev–Trinajstić information content (AvgIpc) is 2.75. The second-order valence-electron chi connectivity index (χ2n) is 8.14. The van der Waals surface area contributed by atoms with Gasteiger partial charge in [0, 0.05) is 17.3 Å². The van der Waals surface area contributed by atoms with Crippen molar-refractivity contribution >= 4 is 34.6 Å². The number of hydrogen-bond donors (Lipinski definition) is 3. The van der Waals surface area contributed by atoms with Gasteiger partial charge in [0.05, 0.1) is 30.0 Å². The van der Waals surface area contributed by atoms with Gasteiger partial charge in [0.15, 0.2) is 11.6 Å². The van der Waals surface area contributed by atoms with Crippen LogP contribution < -0.4 is 10.6 Å². The lowest BCUT2D eigenvalue weighted by Gasteiger charge is -2.46. The summed E-state index contributed by atoms with van der Waals surface area (Å²) in [4.78, 5) is 14.3.